The first-order chi connectivity index (χ1) is 10.1. The van der Waals surface area contributed by atoms with Crippen molar-refractivity contribution >= 4 is 11.9 Å². The number of nitrogens with zero attached hydrogens (tertiary/aromatic N) is 2. The number of piperidine rings is 1. The molecule has 21 heavy (non-hydrogen) atoms. The number of amides is 1. The zero-order valence-corrected chi connectivity index (χ0v) is 14.0. The molecule has 1 aliphatic heterocycles. The van der Waals surface area contributed by atoms with Crippen molar-refractivity contribution < 1.29 is 4.79 Å². The molecule has 5 nitrogen and oxygen atoms in total. The van der Waals surface area contributed by atoms with E-state index in [2.05, 4.69) is 29.5 Å². The highest BCUT2D eigenvalue weighted by Crippen LogP contribution is 2.08. The monoisotopic (exact) mass is 296 g/mol. The van der Waals surface area contributed by atoms with E-state index >= 15 is 0 Å². The van der Waals surface area contributed by atoms with Crippen LogP contribution in [-0.2, 0) is 4.79 Å². The van der Waals surface area contributed by atoms with Gasteiger partial charge in [-0.15, -0.1) is 0 Å². The topological polar surface area (TPSA) is 56.7 Å². The minimum atomic E-state index is 0.147. The summed E-state index contributed by atoms with van der Waals surface area (Å²) >= 11 is 0. The van der Waals surface area contributed by atoms with E-state index in [1.807, 2.05) is 11.8 Å². The summed E-state index contributed by atoms with van der Waals surface area (Å²) in [6, 6.07) is 0. The zero-order chi connectivity index (χ0) is 15.5. The molecule has 1 aliphatic rings. The van der Waals surface area contributed by atoms with Crippen LogP contribution in [0.1, 0.15) is 52.9 Å². The number of guanidine groups is 1. The van der Waals surface area contributed by atoms with Gasteiger partial charge < -0.3 is 15.5 Å². The number of aliphatic imine (C=N–C) groups is 1. The smallest absolute Gasteiger partial charge is 0.244 e. The highest BCUT2D eigenvalue weighted by molar-refractivity contribution is 5.84. The molecule has 0 spiro atoms. The Morgan fingerprint density at radius 3 is 2.52 bits per heavy atom. The van der Waals surface area contributed by atoms with E-state index < -0.39 is 0 Å². The SMILES string of the molecule is CCNC(=NCC(=O)N1CCCCC1)NCCCC(C)C. The summed E-state index contributed by atoms with van der Waals surface area (Å²) in [5.41, 5.74) is 0. The first-order valence-electron chi connectivity index (χ1n) is 8.43. The van der Waals surface area contributed by atoms with E-state index in [-0.39, 0.29) is 12.5 Å². The lowest BCUT2D eigenvalue weighted by Crippen LogP contribution is -2.40. The predicted octanol–water partition coefficient (Wildman–Crippen LogP) is 1.99. The Balaban J connectivity index is 2.33. The fourth-order valence-electron chi connectivity index (χ4n) is 2.45. The summed E-state index contributed by atoms with van der Waals surface area (Å²) in [7, 11) is 0. The van der Waals surface area contributed by atoms with E-state index in [1.165, 1.54) is 12.8 Å². The third-order valence-corrected chi connectivity index (χ3v) is 3.68. The number of rotatable bonds is 7. The van der Waals surface area contributed by atoms with Gasteiger partial charge in [-0.3, -0.25) is 4.79 Å². The standard InChI is InChI=1S/C16H32N4O/c1-4-17-16(18-10-8-9-14(2)3)19-13-15(21)20-11-6-5-7-12-20/h14H,4-13H2,1-3H3,(H2,17,18,19). The fourth-order valence-corrected chi connectivity index (χ4v) is 2.45. The van der Waals surface area contributed by atoms with Crippen LogP contribution in [0, 0.1) is 5.92 Å². The van der Waals surface area contributed by atoms with Crippen molar-refractivity contribution in [3.05, 3.63) is 0 Å². The van der Waals surface area contributed by atoms with Crippen molar-refractivity contribution in [2.75, 3.05) is 32.7 Å². The highest BCUT2D eigenvalue weighted by atomic mass is 16.2. The van der Waals surface area contributed by atoms with Crippen molar-refractivity contribution in [1.29, 1.82) is 0 Å². The van der Waals surface area contributed by atoms with Gasteiger partial charge in [-0.05, 0) is 44.9 Å². The second kappa shape index (κ2) is 10.5. The molecule has 1 fully saturated rings. The summed E-state index contributed by atoms with van der Waals surface area (Å²) in [6.45, 7) is 10.3. The first kappa shape index (κ1) is 17.8. The maximum Gasteiger partial charge on any atom is 0.244 e. The molecule has 0 aromatic rings. The minimum absolute atomic E-state index is 0.147. The molecular weight excluding hydrogens is 264 g/mol. The van der Waals surface area contributed by atoms with Crippen LogP contribution in [-0.4, -0.2) is 49.5 Å². The number of hydrogen-bond acceptors (Lipinski definition) is 2. The molecule has 0 aromatic carbocycles. The molecule has 1 heterocycles. The van der Waals surface area contributed by atoms with Gasteiger partial charge in [-0.25, -0.2) is 4.99 Å². The average molecular weight is 296 g/mol. The fraction of sp³-hybridized carbons (Fsp3) is 0.875. The van der Waals surface area contributed by atoms with Crippen molar-refractivity contribution in [3.63, 3.8) is 0 Å². The number of nitrogens with one attached hydrogen (secondary N) is 2. The molecule has 1 rings (SSSR count). The molecule has 5 heteroatoms. The molecule has 0 atom stereocenters. The second-order valence-electron chi connectivity index (χ2n) is 6.10. The van der Waals surface area contributed by atoms with E-state index in [0.29, 0.717) is 0 Å². The Bertz CT molecular complexity index is 322. The maximum atomic E-state index is 12.1. The molecule has 0 radical (unpaired) electrons. The van der Waals surface area contributed by atoms with Gasteiger partial charge in [0, 0.05) is 26.2 Å². The van der Waals surface area contributed by atoms with Crippen LogP contribution in [0.5, 0.6) is 0 Å². The van der Waals surface area contributed by atoms with Crippen LogP contribution < -0.4 is 10.6 Å². The number of carbonyl (C=O) groups is 1. The van der Waals surface area contributed by atoms with Crippen LogP contribution in [0.25, 0.3) is 0 Å². The average Bonchev–Trinajstić information content (AvgIpc) is 2.49. The Hall–Kier alpha value is -1.26. The summed E-state index contributed by atoms with van der Waals surface area (Å²) in [5, 5.41) is 6.50. The first-order valence-corrected chi connectivity index (χ1v) is 8.43. The Morgan fingerprint density at radius 2 is 1.90 bits per heavy atom. The van der Waals surface area contributed by atoms with Gasteiger partial charge in [0.2, 0.25) is 5.91 Å². The molecule has 0 aromatic heterocycles. The minimum Gasteiger partial charge on any atom is -0.357 e. The zero-order valence-electron chi connectivity index (χ0n) is 14.0. The van der Waals surface area contributed by atoms with Crippen molar-refractivity contribution in [3.8, 4) is 0 Å². The van der Waals surface area contributed by atoms with Crippen LogP contribution >= 0.6 is 0 Å². The van der Waals surface area contributed by atoms with Crippen LogP contribution in [0.2, 0.25) is 0 Å². The number of carbonyl (C=O) groups excluding carboxylic acids is 1. The Morgan fingerprint density at radius 1 is 1.19 bits per heavy atom. The van der Waals surface area contributed by atoms with Gasteiger partial charge in [-0.2, -0.15) is 0 Å². The Kier molecular flexibility index (Phi) is 8.87. The van der Waals surface area contributed by atoms with Crippen LogP contribution in [0.4, 0.5) is 0 Å². The maximum absolute atomic E-state index is 12.1. The third-order valence-electron chi connectivity index (χ3n) is 3.68. The largest absolute Gasteiger partial charge is 0.357 e. The molecule has 0 saturated carbocycles. The predicted molar refractivity (Wildman–Crippen MR) is 88.5 cm³/mol. The van der Waals surface area contributed by atoms with Crippen molar-refractivity contribution in [1.82, 2.24) is 15.5 Å². The summed E-state index contributed by atoms with van der Waals surface area (Å²) in [5.74, 6) is 1.63. The molecule has 0 unspecified atom stereocenters. The lowest BCUT2D eigenvalue weighted by molar-refractivity contribution is -0.130. The normalized spacial score (nSPS) is 16.2. The van der Waals surface area contributed by atoms with Gasteiger partial charge in [0.1, 0.15) is 6.54 Å². The number of likely N-dealkylation sites (tertiary alicyclic amines) is 1. The molecular formula is C16H32N4O. The lowest BCUT2D eigenvalue weighted by atomic mass is 10.1. The van der Waals surface area contributed by atoms with E-state index in [4.69, 9.17) is 0 Å². The second-order valence-corrected chi connectivity index (χ2v) is 6.10. The summed E-state index contributed by atoms with van der Waals surface area (Å²) in [4.78, 5) is 18.4. The molecule has 1 amide bonds. The van der Waals surface area contributed by atoms with Crippen LogP contribution in [0.15, 0.2) is 4.99 Å². The molecule has 122 valence electrons. The summed E-state index contributed by atoms with van der Waals surface area (Å²) < 4.78 is 0. The quantitative estimate of drug-likeness (QED) is 0.429. The molecule has 1 saturated heterocycles. The lowest BCUT2D eigenvalue weighted by Gasteiger charge is -2.26. The van der Waals surface area contributed by atoms with Gasteiger partial charge in [0.05, 0.1) is 0 Å². The van der Waals surface area contributed by atoms with Crippen molar-refractivity contribution in [2.45, 2.75) is 52.9 Å². The van der Waals surface area contributed by atoms with E-state index in [0.717, 1.165) is 57.3 Å². The van der Waals surface area contributed by atoms with Gasteiger partial charge in [0.15, 0.2) is 5.96 Å². The molecule has 2 N–H and O–H groups in total. The van der Waals surface area contributed by atoms with Gasteiger partial charge in [0.25, 0.3) is 0 Å². The van der Waals surface area contributed by atoms with E-state index in [9.17, 15) is 4.79 Å². The molecule has 0 aliphatic carbocycles. The van der Waals surface area contributed by atoms with E-state index in [1.54, 1.807) is 0 Å². The third kappa shape index (κ3) is 7.93. The van der Waals surface area contributed by atoms with Gasteiger partial charge >= 0.3 is 0 Å². The number of hydrogen-bond donors (Lipinski definition) is 2. The van der Waals surface area contributed by atoms with Crippen LogP contribution in [0.3, 0.4) is 0 Å². The van der Waals surface area contributed by atoms with Crippen molar-refractivity contribution in [2.24, 2.45) is 10.9 Å². The highest BCUT2D eigenvalue weighted by Gasteiger charge is 2.15. The Labute approximate surface area is 129 Å². The molecule has 0 bridgehead atoms. The summed E-state index contributed by atoms with van der Waals surface area (Å²) in [6.07, 6.45) is 5.83. The van der Waals surface area contributed by atoms with Gasteiger partial charge in [-0.1, -0.05) is 13.8 Å².